The van der Waals surface area contributed by atoms with Gasteiger partial charge in [0.2, 0.25) is 5.56 Å². The first-order chi connectivity index (χ1) is 7.18. The maximum absolute atomic E-state index is 11.0. The van der Waals surface area contributed by atoms with Gasteiger partial charge in [0.1, 0.15) is 0 Å². The van der Waals surface area contributed by atoms with Crippen LogP contribution in [-0.2, 0) is 0 Å². The minimum Gasteiger partial charge on any atom is -0.328 e. The molecule has 0 amide bonds. The highest BCUT2D eigenvalue weighted by Gasteiger charge is 2.04. The Kier molecular flexibility index (Phi) is 2.42. The molecule has 0 saturated heterocycles. The highest BCUT2D eigenvalue weighted by Crippen LogP contribution is 2.25. The third-order valence-electron chi connectivity index (χ3n) is 2.55. The molecule has 2 aromatic rings. The van der Waals surface area contributed by atoms with E-state index in [9.17, 15) is 4.79 Å². The molecule has 0 aliphatic heterocycles. The van der Waals surface area contributed by atoms with Gasteiger partial charge < -0.3 is 4.98 Å². The Morgan fingerprint density at radius 3 is 2.20 bits per heavy atom. The molecule has 1 N–H and O–H groups in total. The molecule has 0 saturated carbocycles. The van der Waals surface area contributed by atoms with Gasteiger partial charge in [-0.1, -0.05) is 18.2 Å². The summed E-state index contributed by atoms with van der Waals surface area (Å²) in [5.74, 6) is 0. The second kappa shape index (κ2) is 3.73. The van der Waals surface area contributed by atoms with E-state index >= 15 is 0 Å². The number of nitrogens with one attached hydrogen (secondary N) is 1. The summed E-state index contributed by atoms with van der Waals surface area (Å²) in [6.07, 6.45) is 1.76. The lowest BCUT2D eigenvalue weighted by atomic mass is 9.97. The predicted octanol–water partition coefficient (Wildman–Crippen LogP) is 2.66. The predicted molar refractivity (Wildman–Crippen MR) is 62.0 cm³/mol. The minimum absolute atomic E-state index is 0.0648. The molecule has 2 heteroatoms. The van der Waals surface area contributed by atoms with Gasteiger partial charge in [0.25, 0.3) is 0 Å². The Hall–Kier alpha value is -1.83. The highest BCUT2D eigenvalue weighted by molar-refractivity contribution is 5.69. The fraction of sp³-hybridized carbons (Fsp3) is 0.154. The van der Waals surface area contributed by atoms with Gasteiger partial charge in [0.05, 0.1) is 0 Å². The Bertz CT molecular complexity index is 500. The second-order valence-electron chi connectivity index (χ2n) is 3.71. The molecule has 0 aliphatic carbocycles. The van der Waals surface area contributed by atoms with Crippen molar-refractivity contribution in [3.8, 4) is 11.1 Å². The molecule has 1 aromatic carbocycles. The van der Waals surface area contributed by atoms with Gasteiger partial charge in [-0.15, -0.1) is 0 Å². The van der Waals surface area contributed by atoms with Crippen molar-refractivity contribution in [3.05, 3.63) is 58.0 Å². The van der Waals surface area contributed by atoms with Crippen molar-refractivity contribution in [3.63, 3.8) is 0 Å². The van der Waals surface area contributed by atoms with Gasteiger partial charge in [-0.05, 0) is 42.2 Å². The smallest absolute Gasteiger partial charge is 0.247 e. The molecule has 0 fully saturated rings. The average molecular weight is 199 g/mol. The van der Waals surface area contributed by atoms with E-state index in [0.29, 0.717) is 0 Å². The molecular formula is C13H13NO. The van der Waals surface area contributed by atoms with Gasteiger partial charge >= 0.3 is 0 Å². The first kappa shape index (κ1) is 9.71. The molecule has 0 spiro atoms. The molecule has 1 aromatic heterocycles. The molecule has 2 rings (SSSR count). The summed E-state index contributed by atoms with van der Waals surface area (Å²) in [6.45, 7) is 4.15. The molecule has 0 bridgehead atoms. The van der Waals surface area contributed by atoms with Crippen molar-refractivity contribution in [2.45, 2.75) is 13.8 Å². The lowest BCUT2D eigenvalue weighted by Gasteiger charge is -2.08. The summed E-state index contributed by atoms with van der Waals surface area (Å²) in [7, 11) is 0. The Morgan fingerprint density at radius 2 is 1.67 bits per heavy atom. The first-order valence-corrected chi connectivity index (χ1v) is 4.94. The normalized spacial score (nSPS) is 10.3. The zero-order valence-corrected chi connectivity index (χ0v) is 8.87. The van der Waals surface area contributed by atoms with Crippen LogP contribution >= 0.6 is 0 Å². The summed E-state index contributed by atoms with van der Waals surface area (Å²) in [5.41, 5.74) is 4.65. The van der Waals surface area contributed by atoms with Crippen LogP contribution in [0.25, 0.3) is 11.1 Å². The molecule has 0 unspecified atom stereocenters. The van der Waals surface area contributed by atoms with E-state index in [1.807, 2.05) is 12.1 Å². The summed E-state index contributed by atoms with van der Waals surface area (Å²) < 4.78 is 0. The SMILES string of the molecule is Cc1cccc(C)c1-c1ccc(=O)[nH]c1. The van der Waals surface area contributed by atoms with Gasteiger partial charge in [0.15, 0.2) is 0 Å². The van der Waals surface area contributed by atoms with Crippen LogP contribution in [0.15, 0.2) is 41.3 Å². The van der Waals surface area contributed by atoms with Crippen molar-refractivity contribution >= 4 is 0 Å². The maximum atomic E-state index is 11.0. The highest BCUT2D eigenvalue weighted by atomic mass is 16.1. The van der Waals surface area contributed by atoms with E-state index in [1.54, 1.807) is 12.3 Å². The van der Waals surface area contributed by atoms with Crippen LogP contribution in [0.4, 0.5) is 0 Å². The van der Waals surface area contributed by atoms with Gasteiger partial charge in [-0.2, -0.15) is 0 Å². The van der Waals surface area contributed by atoms with Crippen LogP contribution < -0.4 is 5.56 Å². The number of H-pyrrole nitrogens is 1. The summed E-state index contributed by atoms with van der Waals surface area (Å²) in [6, 6.07) is 9.61. The number of rotatable bonds is 1. The van der Waals surface area contributed by atoms with Gasteiger partial charge in [-0.3, -0.25) is 4.79 Å². The Labute approximate surface area is 88.6 Å². The molecule has 76 valence electrons. The lowest BCUT2D eigenvalue weighted by molar-refractivity contribution is 1.23. The van der Waals surface area contributed by atoms with Crippen molar-refractivity contribution < 1.29 is 0 Å². The van der Waals surface area contributed by atoms with E-state index < -0.39 is 0 Å². The van der Waals surface area contributed by atoms with Gasteiger partial charge in [0, 0.05) is 12.3 Å². The Balaban J connectivity index is 2.63. The van der Waals surface area contributed by atoms with Crippen molar-refractivity contribution in [2.24, 2.45) is 0 Å². The molecule has 0 aliphatic rings. The van der Waals surface area contributed by atoms with Crippen LogP contribution in [-0.4, -0.2) is 4.98 Å². The minimum atomic E-state index is -0.0648. The maximum Gasteiger partial charge on any atom is 0.247 e. The third-order valence-corrected chi connectivity index (χ3v) is 2.55. The molecule has 0 atom stereocenters. The van der Waals surface area contributed by atoms with E-state index in [1.165, 1.54) is 16.7 Å². The van der Waals surface area contributed by atoms with Crippen LogP contribution in [0.3, 0.4) is 0 Å². The number of hydrogen-bond acceptors (Lipinski definition) is 1. The molecular weight excluding hydrogens is 186 g/mol. The van der Waals surface area contributed by atoms with Crippen molar-refractivity contribution in [1.29, 1.82) is 0 Å². The fourth-order valence-corrected chi connectivity index (χ4v) is 1.84. The van der Waals surface area contributed by atoms with Gasteiger partial charge in [-0.25, -0.2) is 0 Å². The van der Waals surface area contributed by atoms with Crippen molar-refractivity contribution in [1.82, 2.24) is 4.98 Å². The third kappa shape index (κ3) is 1.84. The summed E-state index contributed by atoms with van der Waals surface area (Å²) in [5, 5.41) is 0. The lowest BCUT2D eigenvalue weighted by Crippen LogP contribution is -2.02. The van der Waals surface area contributed by atoms with Crippen LogP contribution in [0.5, 0.6) is 0 Å². The summed E-state index contributed by atoms with van der Waals surface area (Å²) >= 11 is 0. The number of benzene rings is 1. The van der Waals surface area contributed by atoms with E-state index in [0.717, 1.165) is 5.56 Å². The quantitative estimate of drug-likeness (QED) is 0.752. The number of aromatic nitrogens is 1. The monoisotopic (exact) mass is 199 g/mol. The largest absolute Gasteiger partial charge is 0.328 e. The zero-order chi connectivity index (χ0) is 10.8. The molecule has 1 heterocycles. The second-order valence-corrected chi connectivity index (χ2v) is 3.71. The summed E-state index contributed by atoms with van der Waals surface area (Å²) in [4.78, 5) is 13.7. The van der Waals surface area contributed by atoms with Crippen molar-refractivity contribution in [2.75, 3.05) is 0 Å². The number of aromatic amines is 1. The van der Waals surface area contributed by atoms with E-state index in [-0.39, 0.29) is 5.56 Å². The topological polar surface area (TPSA) is 32.9 Å². The standard InChI is InChI=1S/C13H13NO/c1-9-4-3-5-10(2)13(9)11-6-7-12(15)14-8-11/h3-8H,1-2H3,(H,14,15). The van der Waals surface area contributed by atoms with E-state index in [4.69, 9.17) is 0 Å². The number of pyridine rings is 1. The zero-order valence-electron chi connectivity index (χ0n) is 8.87. The Morgan fingerprint density at radius 1 is 1.00 bits per heavy atom. The fourth-order valence-electron chi connectivity index (χ4n) is 1.84. The number of hydrogen-bond donors (Lipinski definition) is 1. The molecule has 15 heavy (non-hydrogen) atoms. The molecule has 0 radical (unpaired) electrons. The van der Waals surface area contributed by atoms with Crippen LogP contribution in [0, 0.1) is 13.8 Å². The molecule has 2 nitrogen and oxygen atoms in total. The number of aryl methyl sites for hydroxylation is 2. The van der Waals surface area contributed by atoms with E-state index in [2.05, 4.69) is 31.0 Å². The average Bonchev–Trinajstić information content (AvgIpc) is 2.20. The first-order valence-electron chi connectivity index (χ1n) is 4.94. The van der Waals surface area contributed by atoms with Crippen LogP contribution in [0.1, 0.15) is 11.1 Å². The van der Waals surface area contributed by atoms with Crippen LogP contribution in [0.2, 0.25) is 0 Å².